The van der Waals surface area contributed by atoms with E-state index in [1.165, 1.54) is 17.1 Å². The number of carbonyl (C=O) groups excluding carboxylic acids is 2. The number of halogens is 1. The van der Waals surface area contributed by atoms with Crippen molar-refractivity contribution < 1.29 is 14.0 Å². The Labute approximate surface area is 200 Å². The molecule has 1 aliphatic heterocycles. The second-order valence-corrected chi connectivity index (χ2v) is 8.08. The number of para-hydroxylation sites is 1. The van der Waals surface area contributed by atoms with Crippen LogP contribution in [0.1, 0.15) is 20.9 Å². The van der Waals surface area contributed by atoms with Crippen molar-refractivity contribution in [1.82, 2.24) is 19.7 Å². The number of piperazine rings is 1. The number of nitrogens with zero attached hydrogens (tertiary/aromatic N) is 5. The largest absolute Gasteiger partial charge is 0.459 e. The standard InChI is InChI=1S/C24H21ClN6O3/c25-18-6-1-2-7-19(18)31-22(28-23(32)20-8-5-15-34-20)17(16-27-31)24(33)30-13-11-29(12-14-30)21-9-3-4-10-26-21/h1-10,15-16H,11-14H2,(H,28,32). The van der Waals surface area contributed by atoms with E-state index in [1.54, 1.807) is 47.5 Å². The van der Waals surface area contributed by atoms with E-state index in [0.29, 0.717) is 36.9 Å². The molecular formula is C24H21ClN6O3. The number of anilines is 2. The van der Waals surface area contributed by atoms with Crippen molar-refractivity contribution in [3.63, 3.8) is 0 Å². The van der Waals surface area contributed by atoms with Gasteiger partial charge in [0, 0.05) is 32.4 Å². The van der Waals surface area contributed by atoms with Crippen molar-refractivity contribution in [1.29, 1.82) is 0 Å². The lowest BCUT2D eigenvalue weighted by Crippen LogP contribution is -2.49. The summed E-state index contributed by atoms with van der Waals surface area (Å²) in [5.74, 6) is 0.509. The van der Waals surface area contributed by atoms with Crippen LogP contribution in [0.4, 0.5) is 11.6 Å². The van der Waals surface area contributed by atoms with Crippen molar-refractivity contribution in [3.8, 4) is 5.69 Å². The minimum atomic E-state index is -0.493. The fourth-order valence-corrected chi connectivity index (χ4v) is 4.07. The van der Waals surface area contributed by atoms with Gasteiger partial charge < -0.3 is 19.5 Å². The van der Waals surface area contributed by atoms with Gasteiger partial charge in [0.15, 0.2) is 5.76 Å². The number of hydrogen-bond donors (Lipinski definition) is 1. The Hall–Kier alpha value is -4.11. The van der Waals surface area contributed by atoms with E-state index in [4.69, 9.17) is 16.0 Å². The number of rotatable bonds is 5. The first-order chi connectivity index (χ1) is 16.6. The number of carbonyl (C=O) groups is 2. The van der Waals surface area contributed by atoms with E-state index in [2.05, 4.69) is 20.3 Å². The lowest BCUT2D eigenvalue weighted by Gasteiger charge is -2.35. The molecule has 1 aromatic carbocycles. The highest BCUT2D eigenvalue weighted by atomic mass is 35.5. The number of furan rings is 1. The molecule has 5 rings (SSSR count). The highest BCUT2D eigenvalue weighted by molar-refractivity contribution is 6.32. The molecule has 34 heavy (non-hydrogen) atoms. The Balaban J connectivity index is 1.42. The van der Waals surface area contributed by atoms with Gasteiger partial charge in [-0.2, -0.15) is 5.10 Å². The van der Waals surface area contributed by atoms with Gasteiger partial charge in [0.2, 0.25) is 0 Å². The van der Waals surface area contributed by atoms with E-state index in [1.807, 2.05) is 18.2 Å². The molecule has 9 nitrogen and oxygen atoms in total. The monoisotopic (exact) mass is 476 g/mol. The molecule has 172 valence electrons. The molecule has 10 heteroatoms. The summed E-state index contributed by atoms with van der Waals surface area (Å²) in [7, 11) is 0. The third-order valence-corrected chi connectivity index (χ3v) is 5.92. The topological polar surface area (TPSA) is 96.5 Å². The van der Waals surface area contributed by atoms with Crippen LogP contribution in [0, 0.1) is 0 Å². The van der Waals surface area contributed by atoms with Crippen LogP contribution in [0.2, 0.25) is 5.02 Å². The van der Waals surface area contributed by atoms with Crippen LogP contribution in [0.15, 0.2) is 77.7 Å². The quantitative estimate of drug-likeness (QED) is 0.471. The van der Waals surface area contributed by atoms with Crippen molar-refractivity contribution in [3.05, 3.63) is 89.6 Å². The Morgan fingerprint density at radius 2 is 1.76 bits per heavy atom. The zero-order valence-electron chi connectivity index (χ0n) is 18.1. The molecule has 1 N–H and O–H groups in total. The first-order valence-electron chi connectivity index (χ1n) is 10.7. The number of hydrogen-bond acceptors (Lipinski definition) is 6. The summed E-state index contributed by atoms with van der Waals surface area (Å²) in [4.78, 5) is 34.5. The zero-order chi connectivity index (χ0) is 23.5. The number of pyridine rings is 1. The van der Waals surface area contributed by atoms with Crippen molar-refractivity contribution in [2.24, 2.45) is 0 Å². The Bertz CT molecular complexity index is 1300. The minimum absolute atomic E-state index is 0.120. The number of aromatic nitrogens is 3. The molecule has 0 atom stereocenters. The van der Waals surface area contributed by atoms with Crippen LogP contribution in [-0.4, -0.2) is 57.7 Å². The summed E-state index contributed by atoms with van der Waals surface area (Å²) in [5.41, 5.74) is 0.809. The van der Waals surface area contributed by atoms with E-state index < -0.39 is 5.91 Å². The number of amides is 2. The van der Waals surface area contributed by atoms with Crippen LogP contribution in [0.25, 0.3) is 5.69 Å². The molecule has 0 spiro atoms. The zero-order valence-corrected chi connectivity index (χ0v) is 18.9. The van der Waals surface area contributed by atoms with Gasteiger partial charge in [-0.3, -0.25) is 9.59 Å². The Kier molecular flexibility index (Phi) is 6.01. The van der Waals surface area contributed by atoms with Crippen LogP contribution < -0.4 is 10.2 Å². The first-order valence-corrected chi connectivity index (χ1v) is 11.1. The number of nitrogens with one attached hydrogen (secondary N) is 1. The lowest BCUT2D eigenvalue weighted by molar-refractivity contribution is 0.0747. The number of benzene rings is 1. The molecule has 0 unspecified atom stereocenters. The van der Waals surface area contributed by atoms with Crippen LogP contribution in [0.3, 0.4) is 0 Å². The van der Waals surface area contributed by atoms with Crippen LogP contribution >= 0.6 is 11.6 Å². The second-order valence-electron chi connectivity index (χ2n) is 7.67. The normalized spacial score (nSPS) is 13.7. The van der Waals surface area contributed by atoms with Crippen molar-refractivity contribution >= 4 is 35.1 Å². The summed E-state index contributed by atoms with van der Waals surface area (Å²) in [6.07, 6.45) is 4.62. The molecule has 1 fully saturated rings. The van der Waals surface area contributed by atoms with E-state index in [0.717, 1.165) is 5.82 Å². The fourth-order valence-electron chi connectivity index (χ4n) is 3.86. The molecular weight excluding hydrogens is 456 g/mol. The third kappa shape index (κ3) is 4.25. The van der Waals surface area contributed by atoms with E-state index in [-0.39, 0.29) is 23.0 Å². The van der Waals surface area contributed by atoms with Gasteiger partial charge in [0.25, 0.3) is 11.8 Å². The molecule has 2 amide bonds. The van der Waals surface area contributed by atoms with Crippen molar-refractivity contribution in [2.45, 2.75) is 0 Å². The predicted molar refractivity (Wildman–Crippen MR) is 128 cm³/mol. The maximum absolute atomic E-state index is 13.5. The third-order valence-electron chi connectivity index (χ3n) is 5.60. The highest BCUT2D eigenvalue weighted by Gasteiger charge is 2.28. The summed E-state index contributed by atoms with van der Waals surface area (Å²) in [5, 5.41) is 7.59. The second kappa shape index (κ2) is 9.40. The Morgan fingerprint density at radius 3 is 2.47 bits per heavy atom. The molecule has 0 aliphatic carbocycles. The molecule has 1 aliphatic rings. The van der Waals surface area contributed by atoms with Crippen molar-refractivity contribution in [2.75, 3.05) is 36.4 Å². The molecule has 0 saturated carbocycles. The highest BCUT2D eigenvalue weighted by Crippen LogP contribution is 2.27. The average molecular weight is 477 g/mol. The minimum Gasteiger partial charge on any atom is -0.459 e. The van der Waals surface area contributed by atoms with Gasteiger partial charge in [-0.1, -0.05) is 29.8 Å². The maximum atomic E-state index is 13.5. The van der Waals surface area contributed by atoms with Gasteiger partial charge >= 0.3 is 0 Å². The molecule has 4 aromatic rings. The smallest absolute Gasteiger partial charge is 0.292 e. The van der Waals surface area contributed by atoms with Gasteiger partial charge in [-0.05, 0) is 36.4 Å². The van der Waals surface area contributed by atoms with Crippen LogP contribution in [-0.2, 0) is 0 Å². The van der Waals surface area contributed by atoms with E-state index >= 15 is 0 Å². The Morgan fingerprint density at radius 1 is 0.971 bits per heavy atom. The molecule has 4 heterocycles. The van der Waals surface area contributed by atoms with Gasteiger partial charge in [0.05, 0.1) is 23.2 Å². The fraction of sp³-hybridized carbons (Fsp3) is 0.167. The summed E-state index contributed by atoms with van der Waals surface area (Å²) in [6.45, 7) is 2.32. The van der Waals surface area contributed by atoms with Gasteiger partial charge in [-0.25, -0.2) is 9.67 Å². The van der Waals surface area contributed by atoms with Gasteiger partial charge in [0.1, 0.15) is 17.2 Å². The molecule has 0 bridgehead atoms. The lowest BCUT2D eigenvalue weighted by atomic mass is 10.2. The summed E-state index contributed by atoms with van der Waals surface area (Å²) >= 11 is 6.38. The first kappa shape index (κ1) is 21.7. The molecule has 1 saturated heterocycles. The van der Waals surface area contributed by atoms with Gasteiger partial charge in [-0.15, -0.1) is 0 Å². The SMILES string of the molecule is O=C(Nc1c(C(=O)N2CCN(c3ccccn3)CC2)cnn1-c1ccccc1Cl)c1ccco1. The average Bonchev–Trinajstić information content (AvgIpc) is 3.55. The van der Waals surface area contributed by atoms with E-state index in [9.17, 15) is 9.59 Å². The summed E-state index contributed by atoms with van der Waals surface area (Å²) < 4.78 is 6.67. The molecule has 0 radical (unpaired) electrons. The maximum Gasteiger partial charge on any atom is 0.292 e. The molecule has 3 aromatic heterocycles. The predicted octanol–water partition coefficient (Wildman–Crippen LogP) is 3.73. The summed E-state index contributed by atoms with van der Waals surface area (Å²) in [6, 6.07) is 16.0. The van der Waals surface area contributed by atoms with Crippen LogP contribution in [0.5, 0.6) is 0 Å².